The summed E-state index contributed by atoms with van der Waals surface area (Å²) in [5, 5.41) is 3.10. The van der Waals surface area contributed by atoms with Crippen LogP contribution in [0.25, 0.3) is 0 Å². The Morgan fingerprint density at radius 3 is 2.52 bits per heavy atom. The molecule has 0 unspecified atom stereocenters. The van der Waals surface area contributed by atoms with E-state index in [4.69, 9.17) is 0 Å². The summed E-state index contributed by atoms with van der Waals surface area (Å²) in [5.41, 5.74) is 2.42. The second-order valence-corrected chi connectivity index (χ2v) is 7.41. The molecule has 4 nitrogen and oxygen atoms in total. The first-order chi connectivity index (χ1) is 13.1. The van der Waals surface area contributed by atoms with Crippen LogP contribution in [0.2, 0.25) is 0 Å². The second kappa shape index (κ2) is 7.51. The van der Waals surface area contributed by atoms with Crippen molar-refractivity contribution < 1.29 is 14.0 Å². The van der Waals surface area contributed by atoms with Gasteiger partial charge in [0, 0.05) is 18.2 Å². The molecule has 1 fully saturated rings. The minimum absolute atomic E-state index is 0.0556. The van der Waals surface area contributed by atoms with Crippen LogP contribution in [0.15, 0.2) is 48.5 Å². The van der Waals surface area contributed by atoms with Crippen molar-refractivity contribution >= 4 is 11.8 Å². The number of carbonyl (C=O) groups excluding carboxylic acids is 2. The standard InChI is InChI=1S/C22H23FN2O2/c23-17-11-9-15(10-12-17)20(13-21(26)24-18-6-2-3-7-18)25-14-16-5-1-4-8-19(16)22(25)27/h1,4-5,8-12,18,20H,2-3,6-7,13-14H2,(H,24,26)/t20-/m1/s1. The average molecular weight is 366 g/mol. The summed E-state index contributed by atoms with van der Waals surface area (Å²) in [6.07, 6.45) is 4.50. The predicted octanol–water partition coefficient (Wildman–Crippen LogP) is 3.97. The number of nitrogens with zero attached hydrogens (tertiary/aromatic N) is 1. The van der Waals surface area contributed by atoms with Crippen molar-refractivity contribution in [3.05, 3.63) is 71.0 Å². The van der Waals surface area contributed by atoms with Gasteiger partial charge in [0.1, 0.15) is 5.82 Å². The Kier molecular flexibility index (Phi) is 4.92. The minimum Gasteiger partial charge on any atom is -0.353 e. The van der Waals surface area contributed by atoms with Crippen LogP contribution in [0.3, 0.4) is 0 Å². The van der Waals surface area contributed by atoms with Gasteiger partial charge in [-0.05, 0) is 42.2 Å². The molecule has 2 aliphatic rings. The normalized spacial score (nSPS) is 17.8. The average Bonchev–Trinajstić information content (AvgIpc) is 3.29. The van der Waals surface area contributed by atoms with E-state index in [1.807, 2.05) is 24.3 Å². The summed E-state index contributed by atoms with van der Waals surface area (Å²) in [5.74, 6) is -0.461. The number of nitrogens with one attached hydrogen (secondary N) is 1. The summed E-state index contributed by atoms with van der Waals surface area (Å²) in [7, 11) is 0. The van der Waals surface area contributed by atoms with E-state index in [1.54, 1.807) is 17.0 Å². The van der Waals surface area contributed by atoms with Crippen molar-refractivity contribution in [1.82, 2.24) is 10.2 Å². The van der Waals surface area contributed by atoms with Gasteiger partial charge in [-0.15, -0.1) is 0 Å². The molecule has 0 radical (unpaired) electrons. The van der Waals surface area contributed by atoms with E-state index in [1.165, 1.54) is 12.1 Å². The zero-order valence-electron chi connectivity index (χ0n) is 15.2. The van der Waals surface area contributed by atoms with Crippen LogP contribution in [-0.2, 0) is 11.3 Å². The highest BCUT2D eigenvalue weighted by molar-refractivity contribution is 5.98. The van der Waals surface area contributed by atoms with Crippen LogP contribution in [0.5, 0.6) is 0 Å². The lowest BCUT2D eigenvalue weighted by Crippen LogP contribution is -2.37. The van der Waals surface area contributed by atoms with E-state index in [-0.39, 0.29) is 30.1 Å². The molecule has 5 heteroatoms. The third-order valence-electron chi connectivity index (χ3n) is 5.58. The maximum atomic E-state index is 13.4. The second-order valence-electron chi connectivity index (χ2n) is 7.41. The lowest BCUT2D eigenvalue weighted by molar-refractivity contribution is -0.122. The molecule has 1 aliphatic heterocycles. The smallest absolute Gasteiger partial charge is 0.255 e. The largest absolute Gasteiger partial charge is 0.353 e. The zero-order chi connectivity index (χ0) is 18.8. The maximum Gasteiger partial charge on any atom is 0.255 e. The fourth-order valence-electron chi connectivity index (χ4n) is 4.15. The first-order valence-electron chi connectivity index (χ1n) is 9.55. The summed E-state index contributed by atoms with van der Waals surface area (Å²) in [6.45, 7) is 0.466. The fraction of sp³-hybridized carbons (Fsp3) is 0.364. The number of rotatable bonds is 5. The highest BCUT2D eigenvalue weighted by atomic mass is 19.1. The lowest BCUT2D eigenvalue weighted by Gasteiger charge is -2.28. The van der Waals surface area contributed by atoms with Gasteiger partial charge in [0.2, 0.25) is 5.91 Å². The summed E-state index contributed by atoms with van der Waals surface area (Å²) in [6, 6.07) is 13.4. The van der Waals surface area contributed by atoms with Crippen molar-refractivity contribution in [2.24, 2.45) is 0 Å². The number of carbonyl (C=O) groups is 2. The maximum absolute atomic E-state index is 13.4. The molecule has 1 saturated carbocycles. The van der Waals surface area contributed by atoms with Gasteiger partial charge < -0.3 is 10.2 Å². The van der Waals surface area contributed by atoms with E-state index in [2.05, 4.69) is 5.32 Å². The van der Waals surface area contributed by atoms with Crippen LogP contribution < -0.4 is 5.32 Å². The zero-order valence-corrected chi connectivity index (χ0v) is 15.2. The number of amides is 2. The van der Waals surface area contributed by atoms with Crippen LogP contribution in [0.1, 0.15) is 59.6 Å². The van der Waals surface area contributed by atoms with E-state index >= 15 is 0 Å². The molecule has 2 aromatic carbocycles. The molecule has 0 bridgehead atoms. The number of benzene rings is 2. The van der Waals surface area contributed by atoms with Crippen molar-refractivity contribution in [3.8, 4) is 0 Å². The summed E-state index contributed by atoms with van der Waals surface area (Å²) in [4.78, 5) is 27.3. The molecule has 0 saturated heterocycles. The van der Waals surface area contributed by atoms with Crippen molar-refractivity contribution in [2.75, 3.05) is 0 Å². The SMILES string of the molecule is O=C(C[C@H](c1ccc(F)cc1)N1Cc2ccccc2C1=O)NC1CCCC1. The third-order valence-corrected chi connectivity index (χ3v) is 5.58. The van der Waals surface area contributed by atoms with Gasteiger partial charge >= 0.3 is 0 Å². The summed E-state index contributed by atoms with van der Waals surface area (Å²) < 4.78 is 13.4. The highest BCUT2D eigenvalue weighted by Crippen LogP contribution is 2.33. The van der Waals surface area contributed by atoms with Gasteiger partial charge in [0.15, 0.2) is 0 Å². The van der Waals surface area contributed by atoms with Gasteiger partial charge in [0.05, 0.1) is 12.5 Å². The Hall–Kier alpha value is -2.69. The van der Waals surface area contributed by atoms with Gasteiger partial charge in [-0.1, -0.05) is 43.2 Å². The highest BCUT2D eigenvalue weighted by Gasteiger charge is 2.34. The van der Waals surface area contributed by atoms with Crippen molar-refractivity contribution in [1.29, 1.82) is 0 Å². The Morgan fingerprint density at radius 2 is 1.81 bits per heavy atom. The Morgan fingerprint density at radius 1 is 1.11 bits per heavy atom. The molecule has 1 N–H and O–H groups in total. The summed E-state index contributed by atoms with van der Waals surface area (Å²) >= 11 is 0. The van der Waals surface area contributed by atoms with Crippen LogP contribution >= 0.6 is 0 Å². The molecule has 4 rings (SSSR count). The Balaban J connectivity index is 1.57. The molecule has 2 aromatic rings. The van der Waals surface area contributed by atoms with Crippen LogP contribution in [0, 0.1) is 5.82 Å². The number of fused-ring (bicyclic) bond motifs is 1. The molecular formula is C22H23FN2O2. The molecule has 140 valence electrons. The topological polar surface area (TPSA) is 49.4 Å². The van der Waals surface area contributed by atoms with Crippen molar-refractivity contribution in [3.63, 3.8) is 0 Å². The third kappa shape index (κ3) is 3.72. The quantitative estimate of drug-likeness (QED) is 0.870. The van der Waals surface area contributed by atoms with E-state index in [9.17, 15) is 14.0 Å². The van der Waals surface area contributed by atoms with Crippen molar-refractivity contribution in [2.45, 2.75) is 50.7 Å². The number of hydrogen-bond donors (Lipinski definition) is 1. The molecule has 1 atom stereocenters. The minimum atomic E-state index is -0.410. The molecule has 1 aliphatic carbocycles. The van der Waals surface area contributed by atoms with E-state index in [0.717, 1.165) is 36.8 Å². The van der Waals surface area contributed by atoms with E-state index < -0.39 is 6.04 Å². The first kappa shape index (κ1) is 17.7. The van der Waals surface area contributed by atoms with E-state index in [0.29, 0.717) is 12.1 Å². The predicted molar refractivity (Wildman–Crippen MR) is 100 cm³/mol. The van der Waals surface area contributed by atoms with Gasteiger partial charge in [-0.25, -0.2) is 4.39 Å². The molecule has 1 heterocycles. The number of halogens is 1. The molecule has 0 spiro atoms. The first-order valence-corrected chi connectivity index (χ1v) is 9.55. The molecule has 2 amide bonds. The molecule has 27 heavy (non-hydrogen) atoms. The fourth-order valence-corrected chi connectivity index (χ4v) is 4.15. The molecule has 0 aromatic heterocycles. The number of hydrogen-bond acceptors (Lipinski definition) is 2. The lowest BCUT2D eigenvalue weighted by atomic mass is 10.0. The van der Waals surface area contributed by atoms with Crippen LogP contribution in [0.4, 0.5) is 4.39 Å². The van der Waals surface area contributed by atoms with Gasteiger partial charge in [-0.2, -0.15) is 0 Å². The monoisotopic (exact) mass is 366 g/mol. The Bertz CT molecular complexity index is 844. The molecular weight excluding hydrogens is 343 g/mol. The van der Waals surface area contributed by atoms with Crippen LogP contribution in [-0.4, -0.2) is 22.8 Å². The van der Waals surface area contributed by atoms with Gasteiger partial charge in [0.25, 0.3) is 5.91 Å². The van der Waals surface area contributed by atoms with Gasteiger partial charge in [-0.3, -0.25) is 9.59 Å². The Labute approximate surface area is 158 Å².